The van der Waals surface area contributed by atoms with Gasteiger partial charge in [0.2, 0.25) is 0 Å². The lowest BCUT2D eigenvalue weighted by Gasteiger charge is -2.38. The van der Waals surface area contributed by atoms with E-state index in [9.17, 15) is 9.59 Å². The second-order valence-electron chi connectivity index (χ2n) is 7.51. The summed E-state index contributed by atoms with van der Waals surface area (Å²) in [5, 5.41) is 8.81. The van der Waals surface area contributed by atoms with Crippen LogP contribution < -0.4 is 0 Å². The largest absolute Gasteiger partial charge is 0.478 e. The number of allylic oxidation sites excluding steroid dienone is 2. The molecule has 1 unspecified atom stereocenters. The first-order chi connectivity index (χ1) is 10.1. The lowest BCUT2D eigenvalue weighted by molar-refractivity contribution is -0.152. The van der Waals surface area contributed by atoms with E-state index < -0.39 is 5.97 Å². The van der Waals surface area contributed by atoms with Crippen molar-refractivity contribution in [3.63, 3.8) is 0 Å². The Balaban J connectivity index is 2.06. The molecule has 2 aliphatic rings. The lowest BCUT2D eigenvalue weighted by atomic mass is 9.70. The maximum Gasteiger partial charge on any atom is 0.334 e. The Bertz CT molecular complexity index is 555. The van der Waals surface area contributed by atoms with Gasteiger partial charge in [-0.1, -0.05) is 32.9 Å². The maximum atomic E-state index is 12.2. The van der Waals surface area contributed by atoms with Gasteiger partial charge in [-0.15, -0.1) is 0 Å². The number of hydrogen-bond acceptors (Lipinski definition) is 3. The van der Waals surface area contributed by atoms with Crippen LogP contribution >= 0.6 is 0 Å². The Morgan fingerprint density at radius 1 is 1.14 bits per heavy atom. The third kappa shape index (κ3) is 2.59. The standard InChI is InChI=1S/C18H26O4/c1-11(15(19)20)6-7-12(2)16(21)22-14-10-13-8-9-18(14,5)17(13,3)4/h6-7,13-14H,8-10H2,1-5H3,(H,19,20)/t13-,14?,18-/m1/s1. The van der Waals surface area contributed by atoms with Gasteiger partial charge in [0.1, 0.15) is 6.10 Å². The van der Waals surface area contributed by atoms with Crippen molar-refractivity contribution in [3.8, 4) is 0 Å². The molecule has 0 saturated heterocycles. The summed E-state index contributed by atoms with van der Waals surface area (Å²) < 4.78 is 5.75. The molecule has 4 nitrogen and oxygen atoms in total. The van der Waals surface area contributed by atoms with E-state index in [2.05, 4.69) is 20.8 Å². The van der Waals surface area contributed by atoms with E-state index in [1.54, 1.807) is 6.92 Å². The van der Waals surface area contributed by atoms with E-state index in [0.717, 1.165) is 12.8 Å². The van der Waals surface area contributed by atoms with Crippen LogP contribution in [0.5, 0.6) is 0 Å². The van der Waals surface area contributed by atoms with Crippen LogP contribution in [0.1, 0.15) is 53.9 Å². The quantitative estimate of drug-likeness (QED) is 0.488. The number of rotatable bonds is 4. The topological polar surface area (TPSA) is 63.6 Å². The van der Waals surface area contributed by atoms with Gasteiger partial charge in [-0.25, -0.2) is 9.59 Å². The normalized spacial score (nSPS) is 33.9. The highest BCUT2D eigenvalue weighted by atomic mass is 16.5. The van der Waals surface area contributed by atoms with E-state index in [1.807, 2.05) is 0 Å². The number of esters is 1. The number of carbonyl (C=O) groups is 2. The molecule has 2 rings (SSSR count). The molecule has 0 aliphatic heterocycles. The summed E-state index contributed by atoms with van der Waals surface area (Å²) in [7, 11) is 0. The second kappa shape index (κ2) is 5.56. The summed E-state index contributed by atoms with van der Waals surface area (Å²) in [5.74, 6) is -0.711. The molecular weight excluding hydrogens is 280 g/mol. The zero-order valence-corrected chi connectivity index (χ0v) is 14.1. The molecule has 4 heteroatoms. The van der Waals surface area contributed by atoms with Gasteiger partial charge in [0, 0.05) is 16.6 Å². The number of aliphatic carboxylic acids is 1. The number of ether oxygens (including phenoxy) is 1. The van der Waals surface area contributed by atoms with Crippen LogP contribution in [0.2, 0.25) is 0 Å². The molecule has 0 spiro atoms. The molecule has 2 fully saturated rings. The fourth-order valence-corrected chi connectivity index (χ4v) is 3.92. The minimum absolute atomic E-state index is 0.0401. The number of carbonyl (C=O) groups excluding carboxylic acids is 1. The van der Waals surface area contributed by atoms with Crippen molar-refractivity contribution >= 4 is 11.9 Å². The van der Waals surface area contributed by atoms with Crippen LogP contribution in [0, 0.1) is 16.7 Å². The van der Waals surface area contributed by atoms with Crippen molar-refractivity contribution < 1.29 is 19.4 Å². The summed E-state index contributed by atoms with van der Waals surface area (Å²) in [6, 6.07) is 0. The molecule has 22 heavy (non-hydrogen) atoms. The van der Waals surface area contributed by atoms with Crippen LogP contribution in [-0.4, -0.2) is 23.1 Å². The van der Waals surface area contributed by atoms with E-state index in [0.29, 0.717) is 11.5 Å². The van der Waals surface area contributed by atoms with Crippen molar-refractivity contribution in [1.82, 2.24) is 0 Å². The number of carboxylic acid groups (broad SMARTS) is 1. The fraction of sp³-hybridized carbons (Fsp3) is 0.667. The Morgan fingerprint density at radius 3 is 2.18 bits per heavy atom. The number of fused-ring (bicyclic) bond motifs is 2. The van der Waals surface area contributed by atoms with Gasteiger partial charge in [0.25, 0.3) is 0 Å². The summed E-state index contributed by atoms with van der Waals surface area (Å²) >= 11 is 0. The van der Waals surface area contributed by atoms with E-state index in [-0.39, 0.29) is 28.5 Å². The highest BCUT2D eigenvalue weighted by molar-refractivity contribution is 5.90. The predicted octanol–water partition coefficient (Wildman–Crippen LogP) is 3.72. The van der Waals surface area contributed by atoms with Gasteiger partial charge in [0.15, 0.2) is 0 Å². The maximum absolute atomic E-state index is 12.2. The smallest absolute Gasteiger partial charge is 0.334 e. The minimum atomic E-state index is -0.986. The Labute approximate surface area is 132 Å². The molecule has 0 aromatic rings. The van der Waals surface area contributed by atoms with E-state index in [1.165, 1.54) is 25.5 Å². The van der Waals surface area contributed by atoms with Gasteiger partial charge < -0.3 is 9.84 Å². The van der Waals surface area contributed by atoms with Gasteiger partial charge >= 0.3 is 11.9 Å². The first-order valence-electron chi connectivity index (χ1n) is 7.89. The first kappa shape index (κ1) is 16.8. The molecule has 2 bridgehead atoms. The molecule has 0 heterocycles. The molecule has 0 aromatic heterocycles. The van der Waals surface area contributed by atoms with Crippen molar-refractivity contribution in [2.45, 2.75) is 60.0 Å². The molecule has 0 amide bonds. The highest BCUT2D eigenvalue weighted by Gasteiger charge is 2.62. The molecule has 2 saturated carbocycles. The Hall–Kier alpha value is -1.58. The van der Waals surface area contributed by atoms with Crippen LogP contribution in [0.15, 0.2) is 23.3 Å². The molecule has 2 aliphatic carbocycles. The second-order valence-corrected chi connectivity index (χ2v) is 7.51. The van der Waals surface area contributed by atoms with Gasteiger partial charge in [-0.05, 0) is 44.4 Å². The average molecular weight is 306 g/mol. The zero-order valence-electron chi connectivity index (χ0n) is 14.1. The Kier molecular flexibility index (Phi) is 4.24. The third-order valence-electron chi connectivity index (χ3n) is 6.21. The van der Waals surface area contributed by atoms with Crippen LogP contribution in [0.3, 0.4) is 0 Å². The predicted molar refractivity (Wildman–Crippen MR) is 84.3 cm³/mol. The fourth-order valence-electron chi connectivity index (χ4n) is 3.92. The average Bonchev–Trinajstić information content (AvgIpc) is 2.77. The van der Waals surface area contributed by atoms with Gasteiger partial charge in [-0.3, -0.25) is 0 Å². The molecule has 122 valence electrons. The monoisotopic (exact) mass is 306 g/mol. The van der Waals surface area contributed by atoms with Gasteiger partial charge in [-0.2, -0.15) is 0 Å². The van der Waals surface area contributed by atoms with Crippen molar-refractivity contribution in [1.29, 1.82) is 0 Å². The zero-order chi connectivity index (χ0) is 16.7. The molecule has 3 atom stereocenters. The lowest BCUT2D eigenvalue weighted by Crippen LogP contribution is -2.38. The van der Waals surface area contributed by atoms with Crippen molar-refractivity contribution in [2.24, 2.45) is 16.7 Å². The number of hydrogen-bond donors (Lipinski definition) is 1. The molecular formula is C18H26O4. The summed E-state index contributed by atoms with van der Waals surface area (Å²) in [5.41, 5.74) is 0.875. The van der Waals surface area contributed by atoms with Crippen molar-refractivity contribution in [3.05, 3.63) is 23.3 Å². The van der Waals surface area contributed by atoms with Crippen LogP contribution in [0.25, 0.3) is 0 Å². The Morgan fingerprint density at radius 2 is 1.73 bits per heavy atom. The van der Waals surface area contributed by atoms with Crippen molar-refractivity contribution in [2.75, 3.05) is 0 Å². The highest BCUT2D eigenvalue weighted by Crippen LogP contribution is 2.66. The third-order valence-corrected chi connectivity index (χ3v) is 6.21. The minimum Gasteiger partial charge on any atom is -0.478 e. The SMILES string of the molecule is CC(=CC=C(C)C(=O)OC1C[C@H]2CC[C@@]1(C)C2(C)C)C(=O)O. The molecule has 0 radical (unpaired) electrons. The molecule has 1 N–H and O–H groups in total. The van der Waals surface area contributed by atoms with Crippen LogP contribution in [-0.2, 0) is 14.3 Å². The first-order valence-corrected chi connectivity index (χ1v) is 7.89. The van der Waals surface area contributed by atoms with Gasteiger partial charge in [0.05, 0.1) is 0 Å². The van der Waals surface area contributed by atoms with E-state index >= 15 is 0 Å². The summed E-state index contributed by atoms with van der Waals surface area (Å²) in [6.45, 7) is 9.94. The van der Waals surface area contributed by atoms with E-state index in [4.69, 9.17) is 9.84 Å². The summed E-state index contributed by atoms with van der Waals surface area (Å²) in [6.07, 6.45) is 6.17. The molecule has 0 aromatic carbocycles. The number of carboxylic acids is 1. The summed E-state index contributed by atoms with van der Waals surface area (Å²) in [4.78, 5) is 23.0. The van der Waals surface area contributed by atoms with Crippen LogP contribution in [0.4, 0.5) is 0 Å².